The molecule has 0 heterocycles. The largest absolute Gasteiger partial charge is 0.459 e. The summed E-state index contributed by atoms with van der Waals surface area (Å²) in [4.78, 5) is 11.4. The first kappa shape index (κ1) is 11.7. The number of carbonyl (C=O) groups excluding carboxylic acids is 1. The standard InChI is InChI=1S/C11H14FNO2/c1-7(2)15-11(14)9-5-3-8(4-6-9)10(12)13/h3-7,10H,13H2,1-2H3. The highest BCUT2D eigenvalue weighted by Crippen LogP contribution is 2.13. The number of rotatable bonds is 3. The molecule has 1 atom stereocenters. The Labute approximate surface area is 88.0 Å². The Morgan fingerprint density at radius 3 is 2.27 bits per heavy atom. The molecule has 0 radical (unpaired) electrons. The molecular formula is C11H14FNO2. The number of esters is 1. The van der Waals surface area contributed by atoms with Gasteiger partial charge in [-0.15, -0.1) is 0 Å². The summed E-state index contributed by atoms with van der Waals surface area (Å²) in [7, 11) is 0. The fourth-order valence-electron chi connectivity index (χ4n) is 1.09. The number of ether oxygens (including phenoxy) is 1. The lowest BCUT2D eigenvalue weighted by molar-refractivity contribution is 0.0378. The van der Waals surface area contributed by atoms with Crippen molar-refractivity contribution < 1.29 is 13.9 Å². The van der Waals surface area contributed by atoms with E-state index in [2.05, 4.69) is 0 Å². The van der Waals surface area contributed by atoms with Gasteiger partial charge in [0.05, 0.1) is 11.7 Å². The maximum Gasteiger partial charge on any atom is 0.338 e. The second kappa shape index (κ2) is 4.89. The Balaban J connectivity index is 2.75. The Bertz CT molecular complexity index is 333. The van der Waals surface area contributed by atoms with Crippen LogP contribution in [0.3, 0.4) is 0 Å². The number of benzene rings is 1. The Morgan fingerprint density at radius 1 is 1.33 bits per heavy atom. The number of halogens is 1. The maximum absolute atomic E-state index is 12.6. The van der Waals surface area contributed by atoms with Crippen LogP contribution in [0.5, 0.6) is 0 Å². The van der Waals surface area contributed by atoms with Crippen LogP contribution in [0.1, 0.15) is 36.1 Å². The lowest BCUT2D eigenvalue weighted by atomic mass is 10.1. The van der Waals surface area contributed by atoms with Crippen molar-refractivity contribution in [3.63, 3.8) is 0 Å². The summed E-state index contributed by atoms with van der Waals surface area (Å²) in [5.41, 5.74) is 5.78. The van der Waals surface area contributed by atoms with E-state index < -0.39 is 12.3 Å². The van der Waals surface area contributed by atoms with Crippen molar-refractivity contribution >= 4 is 5.97 Å². The third-order valence-electron chi connectivity index (χ3n) is 1.81. The molecule has 3 nitrogen and oxygen atoms in total. The highest BCUT2D eigenvalue weighted by atomic mass is 19.1. The van der Waals surface area contributed by atoms with Gasteiger partial charge in [-0.25, -0.2) is 9.18 Å². The zero-order valence-electron chi connectivity index (χ0n) is 8.74. The van der Waals surface area contributed by atoms with Gasteiger partial charge in [0.25, 0.3) is 0 Å². The van der Waals surface area contributed by atoms with Crippen molar-refractivity contribution in [1.82, 2.24) is 0 Å². The van der Waals surface area contributed by atoms with Gasteiger partial charge in [0.1, 0.15) is 0 Å². The van der Waals surface area contributed by atoms with E-state index in [1.807, 2.05) is 0 Å². The normalized spacial score (nSPS) is 12.6. The minimum atomic E-state index is -1.51. The Morgan fingerprint density at radius 2 is 1.87 bits per heavy atom. The topological polar surface area (TPSA) is 52.3 Å². The molecular weight excluding hydrogens is 197 g/mol. The van der Waals surface area contributed by atoms with E-state index in [-0.39, 0.29) is 6.10 Å². The summed E-state index contributed by atoms with van der Waals surface area (Å²) in [6.45, 7) is 3.54. The van der Waals surface area contributed by atoms with Crippen LogP contribution in [-0.4, -0.2) is 12.1 Å². The van der Waals surface area contributed by atoms with Crippen LogP contribution in [0.15, 0.2) is 24.3 Å². The van der Waals surface area contributed by atoms with Gasteiger partial charge in [0.15, 0.2) is 6.30 Å². The predicted molar refractivity (Wildman–Crippen MR) is 55.0 cm³/mol. The predicted octanol–water partition coefficient (Wildman–Crippen LogP) is 2.18. The zero-order chi connectivity index (χ0) is 11.4. The van der Waals surface area contributed by atoms with Crippen molar-refractivity contribution in [1.29, 1.82) is 0 Å². The van der Waals surface area contributed by atoms with Crippen molar-refractivity contribution in [2.24, 2.45) is 5.73 Å². The average Bonchev–Trinajstić information content (AvgIpc) is 2.17. The van der Waals surface area contributed by atoms with Crippen molar-refractivity contribution in [2.45, 2.75) is 26.2 Å². The zero-order valence-corrected chi connectivity index (χ0v) is 8.74. The molecule has 0 amide bonds. The molecule has 0 spiro atoms. The quantitative estimate of drug-likeness (QED) is 0.615. The van der Waals surface area contributed by atoms with Gasteiger partial charge in [0, 0.05) is 5.56 Å². The molecule has 2 N–H and O–H groups in total. The lowest BCUT2D eigenvalue weighted by Gasteiger charge is -2.08. The van der Waals surface area contributed by atoms with Gasteiger partial charge in [-0.3, -0.25) is 5.73 Å². The van der Waals surface area contributed by atoms with E-state index >= 15 is 0 Å². The summed E-state index contributed by atoms with van der Waals surface area (Å²) in [5, 5.41) is 0. The molecule has 1 unspecified atom stereocenters. The molecule has 0 fully saturated rings. The molecule has 1 rings (SSSR count). The van der Waals surface area contributed by atoms with Crippen LogP contribution < -0.4 is 5.73 Å². The number of alkyl halides is 1. The van der Waals surface area contributed by atoms with Gasteiger partial charge < -0.3 is 4.74 Å². The molecule has 1 aromatic rings. The summed E-state index contributed by atoms with van der Waals surface area (Å²) < 4.78 is 17.6. The Hall–Kier alpha value is -1.42. The van der Waals surface area contributed by atoms with E-state index in [0.29, 0.717) is 11.1 Å². The third kappa shape index (κ3) is 3.32. The Kier molecular flexibility index (Phi) is 3.80. The molecule has 0 aliphatic heterocycles. The number of hydrogen-bond acceptors (Lipinski definition) is 3. The van der Waals surface area contributed by atoms with E-state index in [4.69, 9.17) is 10.5 Å². The monoisotopic (exact) mass is 211 g/mol. The molecule has 0 aromatic heterocycles. The van der Waals surface area contributed by atoms with Crippen LogP contribution in [0.2, 0.25) is 0 Å². The summed E-state index contributed by atoms with van der Waals surface area (Å²) >= 11 is 0. The number of carbonyl (C=O) groups is 1. The molecule has 0 saturated heterocycles. The first-order valence-electron chi connectivity index (χ1n) is 4.71. The van der Waals surface area contributed by atoms with Gasteiger partial charge in [-0.2, -0.15) is 0 Å². The second-order valence-electron chi connectivity index (χ2n) is 3.48. The molecule has 1 aromatic carbocycles. The van der Waals surface area contributed by atoms with E-state index in [1.165, 1.54) is 24.3 Å². The molecule has 0 aliphatic carbocycles. The highest BCUT2D eigenvalue weighted by molar-refractivity contribution is 5.89. The average molecular weight is 211 g/mol. The van der Waals surface area contributed by atoms with Gasteiger partial charge >= 0.3 is 5.97 Å². The SMILES string of the molecule is CC(C)OC(=O)c1ccc(C(N)F)cc1. The lowest BCUT2D eigenvalue weighted by Crippen LogP contribution is -2.12. The third-order valence-corrected chi connectivity index (χ3v) is 1.81. The van der Waals surface area contributed by atoms with Crippen LogP contribution >= 0.6 is 0 Å². The molecule has 0 saturated carbocycles. The number of nitrogens with two attached hydrogens (primary N) is 1. The second-order valence-corrected chi connectivity index (χ2v) is 3.48. The van der Waals surface area contributed by atoms with Gasteiger partial charge in [-0.05, 0) is 26.0 Å². The molecule has 0 bridgehead atoms. The summed E-state index contributed by atoms with van der Waals surface area (Å²) in [5.74, 6) is -0.413. The van der Waals surface area contributed by atoms with E-state index in [9.17, 15) is 9.18 Å². The minimum absolute atomic E-state index is 0.166. The fraction of sp³-hybridized carbons (Fsp3) is 0.364. The summed E-state index contributed by atoms with van der Waals surface area (Å²) in [6, 6.07) is 5.95. The fourth-order valence-corrected chi connectivity index (χ4v) is 1.09. The van der Waals surface area contributed by atoms with Crippen LogP contribution in [0, 0.1) is 0 Å². The number of hydrogen-bond donors (Lipinski definition) is 1. The van der Waals surface area contributed by atoms with Crippen LogP contribution in [0.4, 0.5) is 4.39 Å². The molecule has 4 heteroatoms. The first-order chi connectivity index (χ1) is 7.00. The van der Waals surface area contributed by atoms with Gasteiger partial charge in [-0.1, -0.05) is 12.1 Å². The van der Waals surface area contributed by atoms with Crippen LogP contribution in [0.25, 0.3) is 0 Å². The smallest absolute Gasteiger partial charge is 0.338 e. The summed E-state index contributed by atoms with van der Waals surface area (Å²) in [6.07, 6.45) is -1.68. The van der Waals surface area contributed by atoms with E-state index in [0.717, 1.165) is 0 Å². The van der Waals surface area contributed by atoms with Crippen molar-refractivity contribution in [2.75, 3.05) is 0 Å². The minimum Gasteiger partial charge on any atom is -0.459 e. The maximum atomic E-state index is 12.6. The molecule has 82 valence electrons. The molecule has 15 heavy (non-hydrogen) atoms. The highest BCUT2D eigenvalue weighted by Gasteiger charge is 2.10. The van der Waals surface area contributed by atoms with Crippen molar-refractivity contribution in [3.05, 3.63) is 35.4 Å². The van der Waals surface area contributed by atoms with Crippen LogP contribution in [-0.2, 0) is 4.74 Å². The van der Waals surface area contributed by atoms with Gasteiger partial charge in [0.2, 0.25) is 0 Å². The first-order valence-corrected chi connectivity index (χ1v) is 4.71. The van der Waals surface area contributed by atoms with Crippen molar-refractivity contribution in [3.8, 4) is 0 Å². The van der Waals surface area contributed by atoms with E-state index in [1.54, 1.807) is 13.8 Å². The molecule has 0 aliphatic rings.